The van der Waals surface area contributed by atoms with E-state index in [0.29, 0.717) is 12.2 Å². The van der Waals surface area contributed by atoms with Gasteiger partial charge in [-0.1, -0.05) is 5.16 Å². The second-order valence-electron chi connectivity index (χ2n) is 5.74. The van der Waals surface area contributed by atoms with E-state index < -0.39 is 5.91 Å². The molecule has 0 bridgehead atoms. The van der Waals surface area contributed by atoms with Crippen molar-refractivity contribution in [3.8, 4) is 0 Å². The van der Waals surface area contributed by atoms with Crippen molar-refractivity contribution in [2.75, 3.05) is 18.0 Å². The third-order valence-electron chi connectivity index (χ3n) is 4.15. The van der Waals surface area contributed by atoms with E-state index in [4.69, 9.17) is 15.0 Å². The molecule has 2 N–H and O–H groups in total. The lowest BCUT2D eigenvalue weighted by Gasteiger charge is -2.17. The molecule has 1 aliphatic heterocycles. The first-order valence-corrected chi connectivity index (χ1v) is 7.58. The maximum absolute atomic E-state index is 11.1. The summed E-state index contributed by atoms with van der Waals surface area (Å²) in [6.07, 6.45) is 2.58. The molecule has 0 radical (unpaired) electrons. The van der Waals surface area contributed by atoms with Gasteiger partial charge in [0, 0.05) is 24.8 Å². The molecule has 122 valence electrons. The van der Waals surface area contributed by atoms with Crippen LogP contribution < -0.4 is 10.6 Å². The number of amides is 1. The summed E-state index contributed by atoms with van der Waals surface area (Å²) in [6, 6.07) is 3.51. The van der Waals surface area contributed by atoms with Crippen molar-refractivity contribution in [1.82, 2.24) is 10.1 Å². The highest BCUT2D eigenvalue weighted by atomic mass is 16.5. The van der Waals surface area contributed by atoms with Crippen molar-refractivity contribution >= 4 is 11.7 Å². The number of carbonyl (C=O) groups is 1. The summed E-state index contributed by atoms with van der Waals surface area (Å²) in [5.74, 6) is 1.17. The monoisotopic (exact) mass is 316 g/mol. The third kappa shape index (κ3) is 3.34. The molecule has 1 fully saturated rings. The van der Waals surface area contributed by atoms with Crippen LogP contribution in [0.15, 0.2) is 22.9 Å². The Kier molecular flexibility index (Phi) is 4.29. The maximum atomic E-state index is 11.1. The predicted octanol–water partition coefficient (Wildman–Crippen LogP) is 1.58. The van der Waals surface area contributed by atoms with Gasteiger partial charge in [0.15, 0.2) is 0 Å². The standard InChI is InChI=1S/C16H20N4O3/c1-10-14(11(2)23-19-10)9-22-13-5-6-20(8-13)15-4-3-12(7-18-15)16(17)21/h3-4,7,13H,5-6,8-9H2,1-2H3,(H2,17,21). The van der Waals surface area contributed by atoms with E-state index in [1.807, 2.05) is 19.9 Å². The van der Waals surface area contributed by atoms with Crippen molar-refractivity contribution in [2.45, 2.75) is 33.0 Å². The molecule has 3 rings (SSSR count). The lowest BCUT2D eigenvalue weighted by atomic mass is 10.2. The van der Waals surface area contributed by atoms with Crippen molar-refractivity contribution in [2.24, 2.45) is 5.73 Å². The fourth-order valence-corrected chi connectivity index (χ4v) is 2.70. The van der Waals surface area contributed by atoms with E-state index >= 15 is 0 Å². The molecule has 1 amide bonds. The lowest BCUT2D eigenvalue weighted by molar-refractivity contribution is 0.0544. The maximum Gasteiger partial charge on any atom is 0.250 e. The number of carbonyl (C=O) groups excluding carboxylic acids is 1. The molecule has 3 heterocycles. The smallest absolute Gasteiger partial charge is 0.250 e. The normalized spacial score (nSPS) is 17.7. The average molecular weight is 316 g/mol. The molecule has 23 heavy (non-hydrogen) atoms. The molecule has 2 aromatic rings. The quantitative estimate of drug-likeness (QED) is 0.900. The third-order valence-corrected chi connectivity index (χ3v) is 4.15. The Hall–Kier alpha value is -2.41. The molecule has 0 aliphatic carbocycles. The van der Waals surface area contributed by atoms with Gasteiger partial charge < -0.3 is 19.9 Å². The van der Waals surface area contributed by atoms with Crippen molar-refractivity contribution in [3.63, 3.8) is 0 Å². The molecule has 0 aromatic carbocycles. The zero-order chi connectivity index (χ0) is 16.4. The Labute approximate surface area is 134 Å². The van der Waals surface area contributed by atoms with Gasteiger partial charge in [-0.15, -0.1) is 0 Å². The fourth-order valence-electron chi connectivity index (χ4n) is 2.70. The Morgan fingerprint density at radius 3 is 2.91 bits per heavy atom. The van der Waals surface area contributed by atoms with Crippen LogP contribution in [0.2, 0.25) is 0 Å². The van der Waals surface area contributed by atoms with Gasteiger partial charge in [-0.25, -0.2) is 4.98 Å². The minimum absolute atomic E-state index is 0.140. The summed E-state index contributed by atoms with van der Waals surface area (Å²) in [7, 11) is 0. The van der Waals surface area contributed by atoms with Crippen molar-refractivity contribution < 1.29 is 14.1 Å². The fraction of sp³-hybridized carbons (Fsp3) is 0.438. The second kappa shape index (κ2) is 6.37. The Balaban J connectivity index is 1.57. The summed E-state index contributed by atoms with van der Waals surface area (Å²) >= 11 is 0. The van der Waals surface area contributed by atoms with Crippen molar-refractivity contribution in [3.05, 3.63) is 40.9 Å². The number of ether oxygens (including phenoxy) is 1. The van der Waals surface area contributed by atoms with Crippen LogP contribution in [-0.4, -0.2) is 35.2 Å². The van der Waals surface area contributed by atoms with Gasteiger partial charge in [-0.05, 0) is 32.4 Å². The summed E-state index contributed by atoms with van der Waals surface area (Å²) < 4.78 is 11.1. The number of pyridine rings is 1. The van der Waals surface area contributed by atoms with Gasteiger partial charge in [0.25, 0.3) is 0 Å². The first kappa shape index (κ1) is 15.5. The van der Waals surface area contributed by atoms with E-state index in [-0.39, 0.29) is 6.10 Å². The molecule has 1 aliphatic rings. The molecule has 7 heteroatoms. The van der Waals surface area contributed by atoms with E-state index in [9.17, 15) is 4.79 Å². The van der Waals surface area contributed by atoms with Gasteiger partial charge in [0.2, 0.25) is 5.91 Å². The summed E-state index contributed by atoms with van der Waals surface area (Å²) in [5, 5.41) is 3.93. The average Bonchev–Trinajstić information content (AvgIpc) is 3.13. The van der Waals surface area contributed by atoms with Gasteiger partial charge in [0.1, 0.15) is 11.6 Å². The largest absolute Gasteiger partial charge is 0.371 e. The number of hydrogen-bond acceptors (Lipinski definition) is 6. The zero-order valence-corrected chi connectivity index (χ0v) is 13.3. The van der Waals surface area contributed by atoms with Crippen LogP contribution in [0, 0.1) is 13.8 Å². The van der Waals surface area contributed by atoms with Crippen molar-refractivity contribution in [1.29, 1.82) is 0 Å². The number of rotatable bonds is 5. The molecule has 7 nitrogen and oxygen atoms in total. The molecule has 1 atom stereocenters. The summed E-state index contributed by atoms with van der Waals surface area (Å²) in [5.41, 5.74) is 7.54. The van der Waals surface area contributed by atoms with E-state index in [1.165, 1.54) is 6.20 Å². The van der Waals surface area contributed by atoms with E-state index in [0.717, 1.165) is 42.3 Å². The van der Waals surface area contributed by atoms with Crippen LogP contribution >= 0.6 is 0 Å². The summed E-state index contributed by atoms with van der Waals surface area (Å²) in [4.78, 5) is 17.5. The highest BCUT2D eigenvalue weighted by molar-refractivity contribution is 5.92. The van der Waals surface area contributed by atoms with Crippen LogP contribution in [0.25, 0.3) is 0 Å². The van der Waals surface area contributed by atoms with Crippen LogP contribution in [0.3, 0.4) is 0 Å². The molecule has 0 saturated carbocycles. The molecular formula is C16H20N4O3. The highest BCUT2D eigenvalue weighted by Crippen LogP contribution is 2.22. The number of primary amides is 1. The number of anilines is 1. The van der Waals surface area contributed by atoms with Crippen LogP contribution in [0.4, 0.5) is 5.82 Å². The Morgan fingerprint density at radius 1 is 1.48 bits per heavy atom. The number of hydrogen-bond donors (Lipinski definition) is 1. The van der Waals surface area contributed by atoms with E-state index in [1.54, 1.807) is 6.07 Å². The molecular weight excluding hydrogens is 296 g/mol. The summed E-state index contributed by atoms with van der Waals surface area (Å²) in [6.45, 7) is 5.96. The van der Waals surface area contributed by atoms with Crippen LogP contribution in [0.1, 0.15) is 33.8 Å². The number of nitrogens with zero attached hydrogens (tertiary/aromatic N) is 3. The van der Waals surface area contributed by atoms with Gasteiger partial charge >= 0.3 is 0 Å². The second-order valence-corrected chi connectivity index (χ2v) is 5.74. The van der Waals surface area contributed by atoms with Gasteiger partial charge in [-0.2, -0.15) is 0 Å². The number of nitrogens with two attached hydrogens (primary N) is 1. The number of aryl methyl sites for hydroxylation is 2. The minimum Gasteiger partial charge on any atom is -0.371 e. The van der Waals surface area contributed by atoms with Crippen LogP contribution in [0.5, 0.6) is 0 Å². The zero-order valence-electron chi connectivity index (χ0n) is 13.3. The SMILES string of the molecule is Cc1noc(C)c1COC1CCN(c2ccc(C(N)=O)cn2)C1. The highest BCUT2D eigenvalue weighted by Gasteiger charge is 2.25. The molecule has 2 aromatic heterocycles. The first-order chi connectivity index (χ1) is 11.0. The molecule has 1 unspecified atom stereocenters. The van der Waals surface area contributed by atoms with Crippen LogP contribution in [-0.2, 0) is 11.3 Å². The van der Waals surface area contributed by atoms with Gasteiger partial charge in [-0.3, -0.25) is 4.79 Å². The minimum atomic E-state index is -0.467. The predicted molar refractivity (Wildman–Crippen MR) is 84.1 cm³/mol. The first-order valence-electron chi connectivity index (χ1n) is 7.58. The number of aromatic nitrogens is 2. The topological polar surface area (TPSA) is 94.5 Å². The lowest BCUT2D eigenvalue weighted by Crippen LogP contribution is -2.24. The molecule has 1 saturated heterocycles. The Morgan fingerprint density at radius 2 is 2.30 bits per heavy atom. The molecule has 0 spiro atoms. The Bertz CT molecular complexity index is 676. The van der Waals surface area contributed by atoms with Gasteiger partial charge in [0.05, 0.1) is 24.0 Å². The van der Waals surface area contributed by atoms with E-state index in [2.05, 4.69) is 15.0 Å².